The zero-order valence-electron chi connectivity index (χ0n) is 24.3. The number of rotatable bonds is 7. The van der Waals surface area contributed by atoms with Crippen molar-refractivity contribution < 1.29 is 52.3 Å². The highest BCUT2D eigenvalue weighted by molar-refractivity contribution is 9.10. The molecule has 1 aliphatic carbocycles. The smallest absolute Gasteiger partial charge is 0.326 e. The molecule has 3 heterocycles. The van der Waals surface area contributed by atoms with Gasteiger partial charge in [-0.3, -0.25) is 24.1 Å². The van der Waals surface area contributed by atoms with Crippen LogP contribution in [0.15, 0.2) is 46.9 Å². The molecule has 0 unspecified atom stereocenters. The number of methoxy groups -OCH3 is 3. The number of esters is 2. The van der Waals surface area contributed by atoms with Crippen molar-refractivity contribution in [3.8, 4) is 28.7 Å². The Labute approximate surface area is 265 Å². The highest BCUT2D eigenvalue weighted by atomic mass is 79.9. The van der Waals surface area contributed by atoms with Crippen molar-refractivity contribution in [1.29, 1.82) is 0 Å². The van der Waals surface area contributed by atoms with Gasteiger partial charge in [0.2, 0.25) is 12.5 Å². The van der Waals surface area contributed by atoms with E-state index in [1.165, 1.54) is 21.3 Å². The lowest BCUT2D eigenvalue weighted by atomic mass is 9.66. The van der Waals surface area contributed by atoms with Crippen LogP contribution in [0.1, 0.15) is 39.1 Å². The van der Waals surface area contributed by atoms with E-state index in [0.29, 0.717) is 55.6 Å². The molecule has 1 fully saturated rings. The van der Waals surface area contributed by atoms with E-state index in [2.05, 4.69) is 15.9 Å². The number of ketones is 1. The van der Waals surface area contributed by atoms with E-state index in [1.807, 2.05) is 0 Å². The molecule has 1 amide bonds. The first-order valence-electron chi connectivity index (χ1n) is 14.0. The second-order valence-electron chi connectivity index (χ2n) is 10.9. The first-order chi connectivity index (χ1) is 21.7. The third-order valence-corrected chi connectivity index (χ3v) is 9.32. The molecule has 232 valence electrons. The van der Waals surface area contributed by atoms with Crippen molar-refractivity contribution in [2.45, 2.75) is 12.0 Å². The minimum atomic E-state index is -0.938. The number of carbonyl (C=O) groups excluding carboxylic acids is 4. The second-order valence-corrected chi connectivity index (χ2v) is 11.7. The number of carbonyl (C=O) groups is 4. The molecule has 0 N–H and O–H groups in total. The van der Waals surface area contributed by atoms with Crippen LogP contribution in [0, 0.1) is 11.8 Å². The number of Topliss-reactive ketones (excluding diaryl/α,β-unsaturated/α-hetero) is 1. The maximum Gasteiger partial charge on any atom is 0.326 e. The molecule has 13 heteroatoms. The summed E-state index contributed by atoms with van der Waals surface area (Å²) in [6, 6.07) is 12.0. The van der Waals surface area contributed by atoms with E-state index in [0.717, 1.165) is 4.90 Å². The Bertz CT molecular complexity index is 1760. The van der Waals surface area contributed by atoms with Gasteiger partial charge in [0.15, 0.2) is 23.0 Å². The summed E-state index contributed by atoms with van der Waals surface area (Å²) in [5, 5.41) is 0. The molecule has 0 bridgehead atoms. The van der Waals surface area contributed by atoms with E-state index >= 15 is 0 Å². The Kier molecular flexibility index (Phi) is 7.07. The molecule has 3 aromatic carbocycles. The van der Waals surface area contributed by atoms with Crippen LogP contribution in [0.5, 0.6) is 28.7 Å². The van der Waals surface area contributed by atoms with E-state index in [-0.39, 0.29) is 19.0 Å². The summed E-state index contributed by atoms with van der Waals surface area (Å²) in [6.45, 7) is -0.507. The Morgan fingerprint density at radius 1 is 0.933 bits per heavy atom. The van der Waals surface area contributed by atoms with E-state index in [1.54, 1.807) is 42.5 Å². The van der Waals surface area contributed by atoms with E-state index in [4.69, 9.17) is 33.2 Å². The van der Waals surface area contributed by atoms with Crippen molar-refractivity contribution in [2.24, 2.45) is 11.8 Å². The van der Waals surface area contributed by atoms with Crippen LogP contribution in [0.25, 0.3) is 0 Å². The zero-order chi connectivity index (χ0) is 31.6. The van der Waals surface area contributed by atoms with Crippen LogP contribution in [0.3, 0.4) is 0 Å². The molecule has 7 rings (SSSR count). The summed E-state index contributed by atoms with van der Waals surface area (Å²) in [5.74, 6) is -2.54. The topological polar surface area (TPSA) is 136 Å². The van der Waals surface area contributed by atoms with Crippen LogP contribution in [0.2, 0.25) is 0 Å². The minimum absolute atomic E-state index is 0.00645. The van der Waals surface area contributed by atoms with Gasteiger partial charge in [-0.05, 0) is 63.5 Å². The molecule has 3 aromatic rings. The number of halogens is 1. The summed E-state index contributed by atoms with van der Waals surface area (Å²) in [6.07, 6.45) is -0.938. The maximum absolute atomic E-state index is 13.5. The number of anilines is 1. The average Bonchev–Trinajstić information content (AvgIpc) is 3.73. The Balaban J connectivity index is 1.30. The quantitative estimate of drug-likeness (QED) is 0.265. The molecular formula is C32H26BrNO11. The van der Waals surface area contributed by atoms with E-state index < -0.39 is 54.0 Å². The molecule has 45 heavy (non-hydrogen) atoms. The van der Waals surface area contributed by atoms with Gasteiger partial charge in [-0.1, -0.05) is 6.07 Å². The van der Waals surface area contributed by atoms with Crippen LogP contribution in [-0.4, -0.2) is 64.9 Å². The number of hydrogen-bond donors (Lipinski definition) is 0. The predicted molar refractivity (Wildman–Crippen MR) is 158 cm³/mol. The average molecular weight is 680 g/mol. The molecule has 3 aliphatic heterocycles. The predicted octanol–water partition coefficient (Wildman–Crippen LogP) is 3.95. The molecule has 0 radical (unpaired) electrons. The van der Waals surface area contributed by atoms with Gasteiger partial charge in [-0.15, -0.1) is 0 Å². The molecule has 4 aliphatic rings. The summed E-state index contributed by atoms with van der Waals surface area (Å²) >= 11 is 3.31. The van der Waals surface area contributed by atoms with Crippen molar-refractivity contribution in [2.75, 3.05) is 46.2 Å². The van der Waals surface area contributed by atoms with Gasteiger partial charge in [0.25, 0.3) is 11.7 Å². The fourth-order valence-corrected chi connectivity index (χ4v) is 7.25. The number of hydrogen-bond acceptors (Lipinski definition) is 11. The molecule has 4 atom stereocenters. The number of amides is 1. The largest absolute Gasteiger partial charge is 0.493 e. The summed E-state index contributed by atoms with van der Waals surface area (Å²) in [5.41, 5.74) is 2.44. The first-order valence-corrected chi connectivity index (χ1v) is 14.8. The summed E-state index contributed by atoms with van der Waals surface area (Å²) in [7, 11) is 4.51. The number of benzene rings is 3. The highest BCUT2D eigenvalue weighted by Gasteiger charge is 2.54. The molecule has 0 aromatic heterocycles. The SMILES string of the molecule is COc1cc([C@@H]2c3cc4c(cc3[C@H](OC(=O)CN3C(=O)C(=O)c5c(Br)cccc53)[C@H]3COC(=O)[C@H]23)OCO4)cc(OC)c1OC. The molecule has 1 saturated heterocycles. The Morgan fingerprint density at radius 3 is 2.29 bits per heavy atom. The third-order valence-electron chi connectivity index (χ3n) is 8.66. The molecule has 0 saturated carbocycles. The molecular weight excluding hydrogens is 654 g/mol. The zero-order valence-corrected chi connectivity index (χ0v) is 25.9. The van der Waals surface area contributed by atoms with E-state index in [9.17, 15) is 19.2 Å². The summed E-state index contributed by atoms with van der Waals surface area (Å²) in [4.78, 5) is 53.6. The Hall–Kier alpha value is -4.78. The fourth-order valence-electron chi connectivity index (χ4n) is 6.71. The van der Waals surface area contributed by atoms with Crippen LogP contribution >= 0.6 is 15.9 Å². The fraction of sp³-hybridized carbons (Fsp3) is 0.312. The van der Waals surface area contributed by atoms with Gasteiger partial charge in [0.1, 0.15) is 12.6 Å². The molecule has 12 nitrogen and oxygen atoms in total. The lowest BCUT2D eigenvalue weighted by Crippen LogP contribution is -2.40. The van der Waals surface area contributed by atoms with Gasteiger partial charge in [0, 0.05) is 21.9 Å². The van der Waals surface area contributed by atoms with Crippen molar-refractivity contribution in [3.63, 3.8) is 0 Å². The maximum atomic E-state index is 13.5. The van der Waals surface area contributed by atoms with Gasteiger partial charge in [-0.25, -0.2) is 0 Å². The van der Waals surface area contributed by atoms with Gasteiger partial charge < -0.3 is 33.2 Å². The lowest BCUT2D eigenvalue weighted by Gasteiger charge is -2.38. The van der Waals surface area contributed by atoms with Crippen LogP contribution in [-0.2, 0) is 23.9 Å². The van der Waals surface area contributed by atoms with Gasteiger partial charge in [-0.2, -0.15) is 0 Å². The van der Waals surface area contributed by atoms with Crippen molar-refractivity contribution >= 4 is 45.2 Å². The molecule has 0 spiro atoms. The first kappa shape index (κ1) is 29.0. The van der Waals surface area contributed by atoms with Crippen LogP contribution in [0.4, 0.5) is 5.69 Å². The summed E-state index contributed by atoms with van der Waals surface area (Å²) < 4.78 is 40.2. The number of fused-ring (bicyclic) bond motifs is 4. The van der Waals surface area contributed by atoms with Crippen molar-refractivity contribution in [3.05, 3.63) is 69.2 Å². The number of cyclic esters (lactones) is 1. The monoisotopic (exact) mass is 679 g/mol. The lowest BCUT2D eigenvalue weighted by molar-refractivity contribution is -0.153. The van der Waals surface area contributed by atoms with Crippen molar-refractivity contribution in [1.82, 2.24) is 0 Å². The third kappa shape index (κ3) is 4.47. The standard InChI is InChI=1S/C32H26BrNO11/c1-39-22-7-14(8-23(40-2)30(22)41-3)25-15-9-20-21(44-13-43-20)10-16(15)29(17-12-42-32(38)26(17)25)45-24(35)11-34-19-6-4-5-18(33)27(19)28(36)31(34)37/h4-10,17,25-26,29H,11-13H2,1-3H3/t17-,25+,26-,29-/m0/s1. The Morgan fingerprint density at radius 2 is 1.62 bits per heavy atom. The van der Waals surface area contributed by atoms with Gasteiger partial charge >= 0.3 is 11.9 Å². The van der Waals surface area contributed by atoms with Crippen LogP contribution < -0.4 is 28.6 Å². The number of ether oxygens (including phenoxy) is 7. The number of nitrogens with zero attached hydrogens (tertiary/aromatic N) is 1. The minimum Gasteiger partial charge on any atom is -0.493 e. The van der Waals surface area contributed by atoms with Gasteiger partial charge in [0.05, 0.1) is 45.1 Å². The second kappa shape index (κ2) is 11.0. The highest BCUT2D eigenvalue weighted by Crippen LogP contribution is 2.56. The normalized spacial score (nSPS) is 22.4.